The van der Waals surface area contributed by atoms with Crippen LogP contribution in [0.2, 0.25) is 0 Å². The van der Waals surface area contributed by atoms with Crippen LogP contribution in [-0.4, -0.2) is 48.4 Å². The van der Waals surface area contributed by atoms with Crippen LogP contribution in [0.15, 0.2) is 39.7 Å². The Balaban J connectivity index is 1.58. The van der Waals surface area contributed by atoms with E-state index in [0.29, 0.717) is 0 Å². The quantitative estimate of drug-likeness (QED) is 0.801. The van der Waals surface area contributed by atoms with Crippen molar-refractivity contribution in [3.05, 3.63) is 34.7 Å². The number of hydrogen-bond acceptors (Lipinski definition) is 4. The smallest absolute Gasteiger partial charge is 0.104 e. The molecule has 102 valence electrons. The zero-order chi connectivity index (χ0) is 13.1. The largest absolute Gasteiger partial charge is 0.367 e. The molecule has 0 saturated carbocycles. The number of amidine groups is 1. The van der Waals surface area contributed by atoms with Crippen LogP contribution in [0.1, 0.15) is 12.8 Å². The number of nitrogens with one attached hydrogen (secondary N) is 1. The summed E-state index contributed by atoms with van der Waals surface area (Å²) in [7, 11) is 0. The van der Waals surface area contributed by atoms with Crippen molar-refractivity contribution in [1.82, 2.24) is 15.1 Å². The highest BCUT2D eigenvalue weighted by Gasteiger charge is 2.21. The van der Waals surface area contributed by atoms with Crippen molar-refractivity contribution >= 4 is 21.8 Å². The lowest BCUT2D eigenvalue weighted by molar-refractivity contribution is 0.209. The second kappa shape index (κ2) is 5.82. The zero-order valence-electron chi connectivity index (χ0n) is 11.0. The van der Waals surface area contributed by atoms with Crippen LogP contribution in [0, 0.1) is 0 Å². The molecule has 0 aliphatic carbocycles. The Labute approximate surface area is 122 Å². The van der Waals surface area contributed by atoms with E-state index in [0.717, 1.165) is 45.6 Å². The van der Waals surface area contributed by atoms with Crippen LogP contribution in [0.3, 0.4) is 0 Å². The molecule has 0 aromatic carbocycles. The van der Waals surface area contributed by atoms with Gasteiger partial charge in [0.25, 0.3) is 0 Å². The molecule has 0 bridgehead atoms. The molecule has 0 radical (unpaired) electrons. The van der Waals surface area contributed by atoms with E-state index in [1.807, 2.05) is 6.20 Å². The summed E-state index contributed by atoms with van der Waals surface area (Å²) in [4.78, 5) is 9.35. The number of rotatable bonds is 1. The van der Waals surface area contributed by atoms with Gasteiger partial charge in [-0.25, -0.2) is 4.99 Å². The topological polar surface area (TPSA) is 30.9 Å². The number of hydrogen-bond donors (Lipinski definition) is 1. The molecule has 4 nitrogen and oxygen atoms in total. The molecule has 0 unspecified atom stereocenters. The van der Waals surface area contributed by atoms with Crippen LogP contribution >= 0.6 is 15.9 Å². The average molecular weight is 323 g/mol. The summed E-state index contributed by atoms with van der Waals surface area (Å²) in [6.45, 7) is 5.15. The van der Waals surface area contributed by atoms with E-state index >= 15 is 0 Å². The third-order valence-electron chi connectivity index (χ3n) is 3.71. The zero-order valence-corrected chi connectivity index (χ0v) is 12.6. The first-order valence-corrected chi connectivity index (χ1v) is 7.64. The van der Waals surface area contributed by atoms with E-state index in [1.165, 1.54) is 16.1 Å². The second-order valence-corrected chi connectivity index (χ2v) is 5.98. The SMILES string of the molecule is BrC1=CC=C(N2CCN(C3=NC=CCC3)CC2)NC1. The second-order valence-electron chi connectivity index (χ2n) is 4.96. The van der Waals surface area contributed by atoms with E-state index in [2.05, 4.69) is 54.3 Å². The number of nitrogens with zero attached hydrogens (tertiary/aromatic N) is 3. The van der Waals surface area contributed by atoms with Crippen LogP contribution < -0.4 is 5.32 Å². The van der Waals surface area contributed by atoms with Crippen molar-refractivity contribution in [3.63, 3.8) is 0 Å². The highest BCUT2D eigenvalue weighted by atomic mass is 79.9. The summed E-state index contributed by atoms with van der Waals surface area (Å²) in [6.07, 6.45) is 10.6. The molecule has 3 rings (SSSR count). The Morgan fingerprint density at radius 3 is 2.53 bits per heavy atom. The lowest BCUT2D eigenvalue weighted by Crippen LogP contribution is -2.50. The van der Waals surface area contributed by atoms with Gasteiger partial charge in [0.2, 0.25) is 0 Å². The number of halogens is 1. The van der Waals surface area contributed by atoms with Gasteiger partial charge in [-0.15, -0.1) is 0 Å². The first kappa shape index (κ1) is 12.8. The number of allylic oxidation sites excluding steroid dienone is 3. The summed E-state index contributed by atoms with van der Waals surface area (Å²) in [5, 5.41) is 3.44. The predicted octanol–water partition coefficient (Wildman–Crippen LogP) is 2.03. The molecule has 1 fully saturated rings. The molecular weight excluding hydrogens is 304 g/mol. The predicted molar refractivity (Wildman–Crippen MR) is 82.1 cm³/mol. The fraction of sp³-hybridized carbons (Fsp3) is 0.500. The first-order chi connectivity index (χ1) is 9.33. The summed E-state index contributed by atoms with van der Waals surface area (Å²) in [5.74, 6) is 2.50. The van der Waals surface area contributed by atoms with Gasteiger partial charge in [-0.2, -0.15) is 0 Å². The number of piperazine rings is 1. The molecule has 3 aliphatic heterocycles. The maximum atomic E-state index is 4.50. The molecule has 0 aromatic rings. The van der Waals surface area contributed by atoms with Crippen molar-refractivity contribution in [3.8, 4) is 0 Å². The monoisotopic (exact) mass is 322 g/mol. The molecule has 0 amide bonds. The van der Waals surface area contributed by atoms with Gasteiger partial charge < -0.3 is 15.1 Å². The normalized spacial score (nSPS) is 23.5. The van der Waals surface area contributed by atoms with E-state index in [9.17, 15) is 0 Å². The molecule has 19 heavy (non-hydrogen) atoms. The number of dihydropyridines is 1. The van der Waals surface area contributed by atoms with Gasteiger partial charge in [0, 0.05) is 49.8 Å². The van der Waals surface area contributed by atoms with Crippen molar-refractivity contribution in [2.24, 2.45) is 4.99 Å². The summed E-state index contributed by atoms with van der Waals surface area (Å²) < 4.78 is 1.21. The van der Waals surface area contributed by atoms with E-state index in [-0.39, 0.29) is 0 Å². The highest BCUT2D eigenvalue weighted by molar-refractivity contribution is 9.11. The van der Waals surface area contributed by atoms with Gasteiger partial charge in [-0.05, 0) is 18.6 Å². The Bertz CT molecular complexity index is 456. The first-order valence-electron chi connectivity index (χ1n) is 6.85. The molecule has 5 heteroatoms. The van der Waals surface area contributed by atoms with Crippen molar-refractivity contribution in [2.45, 2.75) is 12.8 Å². The Morgan fingerprint density at radius 2 is 1.89 bits per heavy atom. The molecule has 1 saturated heterocycles. The molecular formula is C14H19BrN4. The van der Waals surface area contributed by atoms with Gasteiger partial charge in [-0.3, -0.25) is 0 Å². The molecule has 1 N–H and O–H groups in total. The standard InChI is InChI=1S/C14H19BrN4/c15-12-4-5-14(17-11-12)19-9-7-18(8-10-19)13-3-1-2-6-16-13/h2,4-6,17H,1,3,7-11H2. The van der Waals surface area contributed by atoms with Crippen molar-refractivity contribution in [1.29, 1.82) is 0 Å². The van der Waals surface area contributed by atoms with Crippen LogP contribution in [0.25, 0.3) is 0 Å². The maximum Gasteiger partial charge on any atom is 0.104 e. The molecule has 0 atom stereocenters. The Kier molecular flexibility index (Phi) is 3.92. The Hall–Kier alpha value is -1.23. The summed E-state index contributed by atoms with van der Waals surface area (Å²) >= 11 is 3.51. The third kappa shape index (κ3) is 3.03. The van der Waals surface area contributed by atoms with E-state index < -0.39 is 0 Å². The Morgan fingerprint density at radius 1 is 1.11 bits per heavy atom. The minimum absolute atomic E-state index is 0.892. The fourth-order valence-electron chi connectivity index (χ4n) is 2.61. The minimum Gasteiger partial charge on any atom is -0.367 e. The summed E-state index contributed by atoms with van der Waals surface area (Å²) in [5.41, 5.74) is 0. The summed E-state index contributed by atoms with van der Waals surface area (Å²) in [6, 6.07) is 0. The molecule has 0 aromatic heterocycles. The highest BCUT2D eigenvalue weighted by Crippen LogP contribution is 2.16. The average Bonchev–Trinajstić information content (AvgIpc) is 2.49. The van der Waals surface area contributed by atoms with Gasteiger partial charge in [-0.1, -0.05) is 22.0 Å². The maximum absolute atomic E-state index is 4.50. The van der Waals surface area contributed by atoms with Crippen LogP contribution in [0.5, 0.6) is 0 Å². The van der Waals surface area contributed by atoms with Crippen LogP contribution in [0.4, 0.5) is 0 Å². The van der Waals surface area contributed by atoms with Crippen molar-refractivity contribution < 1.29 is 0 Å². The lowest BCUT2D eigenvalue weighted by Gasteiger charge is -2.39. The van der Waals surface area contributed by atoms with Gasteiger partial charge in [0.05, 0.1) is 0 Å². The lowest BCUT2D eigenvalue weighted by atomic mass is 10.2. The van der Waals surface area contributed by atoms with Gasteiger partial charge in [0.15, 0.2) is 0 Å². The van der Waals surface area contributed by atoms with E-state index in [1.54, 1.807) is 0 Å². The molecule has 3 aliphatic rings. The van der Waals surface area contributed by atoms with Gasteiger partial charge >= 0.3 is 0 Å². The fourth-order valence-corrected chi connectivity index (χ4v) is 2.89. The molecule has 0 spiro atoms. The van der Waals surface area contributed by atoms with Gasteiger partial charge in [0.1, 0.15) is 11.7 Å². The molecule has 3 heterocycles. The van der Waals surface area contributed by atoms with Crippen molar-refractivity contribution in [2.75, 3.05) is 32.7 Å². The van der Waals surface area contributed by atoms with E-state index in [4.69, 9.17) is 0 Å². The van der Waals surface area contributed by atoms with Crippen LogP contribution in [-0.2, 0) is 0 Å². The minimum atomic E-state index is 0.892. The number of aliphatic imine (C=N–C) groups is 1. The third-order valence-corrected chi connectivity index (χ3v) is 4.25.